The molecule has 70 valence electrons. The van der Waals surface area contributed by atoms with Crippen LogP contribution in [-0.4, -0.2) is 0 Å². The van der Waals surface area contributed by atoms with Crippen LogP contribution >= 0.6 is 0 Å². The molecule has 0 unspecified atom stereocenters. The van der Waals surface area contributed by atoms with Crippen LogP contribution in [0.5, 0.6) is 0 Å². The minimum absolute atomic E-state index is 1.13. The van der Waals surface area contributed by atoms with Gasteiger partial charge in [-0.2, -0.15) is 0 Å². The van der Waals surface area contributed by atoms with Crippen molar-refractivity contribution in [3.63, 3.8) is 0 Å². The average molecular weight is 182 g/mol. The number of benzene rings is 2. The summed E-state index contributed by atoms with van der Waals surface area (Å²) in [4.78, 5) is 0. The zero-order chi connectivity index (χ0) is 10.1. The molecule has 0 radical (unpaired) electrons. The lowest BCUT2D eigenvalue weighted by Gasteiger charge is -2.08. The molecule has 0 nitrogen and oxygen atoms in total. The van der Waals surface area contributed by atoms with Crippen molar-refractivity contribution in [2.24, 2.45) is 0 Å². The third-order valence-corrected chi connectivity index (χ3v) is 2.60. The molecule has 0 atom stereocenters. The fourth-order valence-corrected chi connectivity index (χ4v) is 1.82. The van der Waals surface area contributed by atoms with E-state index in [1.165, 1.54) is 21.9 Å². The first-order valence-electron chi connectivity index (χ1n) is 4.84. The summed E-state index contributed by atoms with van der Waals surface area (Å²) in [5.74, 6) is 0. The van der Waals surface area contributed by atoms with E-state index in [1.54, 1.807) is 0 Å². The number of rotatable bonds is 1. The largest absolute Gasteiger partial charge is 0.0955 e. The molecule has 2 aromatic rings. The van der Waals surface area contributed by atoms with Gasteiger partial charge in [-0.05, 0) is 35.7 Å². The third kappa shape index (κ3) is 1.33. The Balaban J connectivity index is 2.88. The molecule has 0 aliphatic rings. The van der Waals surface area contributed by atoms with Crippen LogP contribution in [0.25, 0.3) is 16.3 Å². The van der Waals surface area contributed by atoms with Gasteiger partial charge in [-0.15, -0.1) is 0 Å². The summed E-state index contributed by atoms with van der Waals surface area (Å²) < 4.78 is 0. The number of hydrogen-bond acceptors (Lipinski definition) is 0. The Bertz CT molecular complexity index is 492. The van der Waals surface area contributed by atoms with Gasteiger partial charge in [0.1, 0.15) is 0 Å². The second kappa shape index (κ2) is 3.30. The SMILES string of the molecule is C=C(C)c1ccc(C)c2ccccc12. The van der Waals surface area contributed by atoms with Crippen molar-refractivity contribution in [2.75, 3.05) is 0 Å². The highest BCUT2D eigenvalue weighted by Gasteiger charge is 2.02. The Kier molecular flexibility index (Phi) is 2.12. The maximum Gasteiger partial charge on any atom is -0.0106 e. The normalized spacial score (nSPS) is 10.4. The van der Waals surface area contributed by atoms with E-state index in [4.69, 9.17) is 0 Å². The predicted octanol–water partition coefficient (Wildman–Crippen LogP) is 4.18. The minimum Gasteiger partial charge on any atom is -0.0955 e. The highest BCUT2D eigenvalue weighted by atomic mass is 14.1. The Morgan fingerprint density at radius 1 is 1.00 bits per heavy atom. The Morgan fingerprint density at radius 3 is 2.29 bits per heavy atom. The molecule has 2 rings (SSSR count). The lowest BCUT2D eigenvalue weighted by atomic mass is 9.97. The van der Waals surface area contributed by atoms with Gasteiger partial charge >= 0.3 is 0 Å². The minimum atomic E-state index is 1.13. The highest BCUT2D eigenvalue weighted by Crippen LogP contribution is 2.26. The molecular weight excluding hydrogens is 168 g/mol. The quantitative estimate of drug-likeness (QED) is 0.620. The number of allylic oxidation sites excluding steroid dienone is 1. The standard InChI is InChI=1S/C14H14/c1-10(2)12-9-8-11(3)13-6-4-5-7-14(12)13/h4-9H,1H2,2-3H3. The van der Waals surface area contributed by atoms with E-state index in [9.17, 15) is 0 Å². The van der Waals surface area contributed by atoms with Gasteiger partial charge in [0.25, 0.3) is 0 Å². The Labute approximate surface area is 84.9 Å². The van der Waals surface area contributed by atoms with Crippen molar-refractivity contribution in [3.05, 3.63) is 54.1 Å². The molecule has 0 saturated carbocycles. The first kappa shape index (κ1) is 9.01. The van der Waals surface area contributed by atoms with Gasteiger partial charge in [-0.25, -0.2) is 0 Å². The maximum atomic E-state index is 4.01. The van der Waals surface area contributed by atoms with Crippen LogP contribution in [0.4, 0.5) is 0 Å². The molecule has 0 aliphatic heterocycles. The van der Waals surface area contributed by atoms with E-state index in [-0.39, 0.29) is 0 Å². The van der Waals surface area contributed by atoms with Crippen molar-refractivity contribution >= 4 is 16.3 Å². The molecule has 0 amide bonds. The van der Waals surface area contributed by atoms with Crippen LogP contribution in [-0.2, 0) is 0 Å². The highest BCUT2D eigenvalue weighted by molar-refractivity contribution is 5.94. The van der Waals surface area contributed by atoms with Crippen LogP contribution < -0.4 is 0 Å². The summed E-state index contributed by atoms with van der Waals surface area (Å²) in [6, 6.07) is 12.8. The van der Waals surface area contributed by atoms with Crippen LogP contribution in [0, 0.1) is 6.92 Å². The Hall–Kier alpha value is -1.56. The second-order valence-corrected chi connectivity index (χ2v) is 3.76. The van der Waals surface area contributed by atoms with E-state index in [1.807, 2.05) is 0 Å². The topological polar surface area (TPSA) is 0 Å². The van der Waals surface area contributed by atoms with Crippen molar-refractivity contribution in [1.82, 2.24) is 0 Å². The molecule has 14 heavy (non-hydrogen) atoms. The number of hydrogen-bond donors (Lipinski definition) is 0. The molecular formula is C14H14. The first-order chi connectivity index (χ1) is 6.70. The van der Waals surface area contributed by atoms with Gasteiger partial charge in [0.15, 0.2) is 0 Å². The summed E-state index contributed by atoms with van der Waals surface area (Å²) in [7, 11) is 0. The van der Waals surface area contributed by atoms with E-state index in [0.29, 0.717) is 0 Å². The molecule has 0 aromatic heterocycles. The summed E-state index contributed by atoms with van der Waals surface area (Å²) in [5.41, 5.74) is 3.71. The summed E-state index contributed by atoms with van der Waals surface area (Å²) in [5, 5.41) is 2.63. The molecule has 0 fully saturated rings. The Morgan fingerprint density at radius 2 is 1.64 bits per heavy atom. The zero-order valence-corrected chi connectivity index (χ0v) is 8.67. The number of fused-ring (bicyclic) bond motifs is 1. The first-order valence-corrected chi connectivity index (χ1v) is 4.84. The summed E-state index contributed by atoms with van der Waals surface area (Å²) >= 11 is 0. The van der Waals surface area contributed by atoms with Crippen molar-refractivity contribution in [3.8, 4) is 0 Å². The van der Waals surface area contributed by atoms with Gasteiger partial charge in [-0.1, -0.05) is 48.6 Å². The van der Waals surface area contributed by atoms with Crippen molar-refractivity contribution in [2.45, 2.75) is 13.8 Å². The van der Waals surface area contributed by atoms with Gasteiger partial charge < -0.3 is 0 Å². The zero-order valence-electron chi connectivity index (χ0n) is 8.67. The number of aryl methyl sites for hydroxylation is 1. The van der Waals surface area contributed by atoms with Crippen LogP contribution in [0.1, 0.15) is 18.1 Å². The van der Waals surface area contributed by atoms with E-state index < -0.39 is 0 Å². The lowest BCUT2D eigenvalue weighted by molar-refractivity contribution is 1.51. The predicted molar refractivity (Wildman–Crippen MR) is 63.4 cm³/mol. The van der Waals surface area contributed by atoms with E-state index in [2.05, 4.69) is 56.8 Å². The molecule has 0 saturated heterocycles. The second-order valence-electron chi connectivity index (χ2n) is 3.76. The molecule has 0 aliphatic carbocycles. The van der Waals surface area contributed by atoms with Crippen LogP contribution in [0.2, 0.25) is 0 Å². The molecule has 0 heteroatoms. The monoisotopic (exact) mass is 182 g/mol. The smallest absolute Gasteiger partial charge is 0.0106 e. The van der Waals surface area contributed by atoms with Crippen LogP contribution in [0.15, 0.2) is 43.0 Å². The van der Waals surface area contributed by atoms with E-state index >= 15 is 0 Å². The van der Waals surface area contributed by atoms with Gasteiger partial charge in [-0.3, -0.25) is 0 Å². The summed E-state index contributed by atoms with van der Waals surface area (Å²) in [6.07, 6.45) is 0. The van der Waals surface area contributed by atoms with Gasteiger partial charge in [0.2, 0.25) is 0 Å². The summed E-state index contributed by atoms with van der Waals surface area (Å²) in [6.45, 7) is 8.20. The van der Waals surface area contributed by atoms with E-state index in [0.717, 1.165) is 5.57 Å². The molecule has 0 spiro atoms. The van der Waals surface area contributed by atoms with Gasteiger partial charge in [0.05, 0.1) is 0 Å². The van der Waals surface area contributed by atoms with Gasteiger partial charge in [0, 0.05) is 0 Å². The molecule has 0 heterocycles. The molecule has 0 N–H and O–H groups in total. The lowest BCUT2D eigenvalue weighted by Crippen LogP contribution is -1.84. The maximum absolute atomic E-state index is 4.01. The molecule has 0 bridgehead atoms. The van der Waals surface area contributed by atoms with Crippen molar-refractivity contribution in [1.29, 1.82) is 0 Å². The van der Waals surface area contributed by atoms with Crippen LogP contribution in [0.3, 0.4) is 0 Å². The average Bonchev–Trinajstić information content (AvgIpc) is 2.18. The fourth-order valence-electron chi connectivity index (χ4n) is 1.82. The molecule has 2 aromatic carbocycles. The fraction of sp³-hybridized carbons (Fsp3) is 0.143. The van der Waals surface area contributed by atoms with Crippen molar-refractivity contribution < 1.29 is 0 Å². The third-order valence-electron chi connectivity index (χ3n) is 2.60.